The lowest BCUT2D eigenvalue weighted by molar-refractivity contribution is 0.314. The standard InChI is InChI=1S/C12H20ClN3/c1-9(2)12-11(8-13)14-15-16(12)10-6-4-3-5-7-10/h9-10H,3-8H2,1-2H3. The highest BCUT2D eigenvalue weighted by Crippen LogP contribution is 2.31. The molecule has 0 N–H and O–H groups in total. The molecule has 90 valence electrons. The fourth-order valence-corrected chi connectivity index (χ4v) is 2.81. The minimum atomic E-state index is 0.450. The van der Waals surface area contributed by atoms with E-state index in [0.717, 1.165) is 5.69 Å². The second-order valence-corrected chi connectivity index (χ2v) is 5.21. The summed E-state index contributed by atoms with van der Waals surface area (Å²) in [5, 5.41) is 8.53. The normalized spacial score (nSPS) is 18.2. The highest BCUT2D eigenvalue weighted by atomic mass is 35.5. The molecule has 1 aromatic heterocycles. The van der Waals surface area contributed by atoms with Crippen molar-refractivity contribution in [2.75, 3.05) is 0 Å². The van der Waals surface area contributed by atoms with Gasteiger partial charge >= 0.3 is 0 Å². The molecule has 0 aliphatic heterocycles. The Bertz CT molecular complexity index is 340. The lowest BCUT2D eigenvalue weighted by atomic mass is 9.95. The molecule has 4 heteroatoms. The summed E-state index contributed by atoms with van der Waals surface area (Å²) in [6.45, 7) is 4.38. The van der Waals surface area contributed by atoms with E-state index >= 15 is 0 Å². The van der Waals surface area contributed by atoms with Crippen LogP contribution in [0, 0.1) is 0 Å². The Balaban J connectivity index is 2.28. The molecule has 3 nitrogen and oxygen atoms in total. The van der Waals surface area contributed by atoms with Gasteiger partial charge in [0, 0.05) is 0 Å². The quantitative estimate of drug-likeness (QED) is 0.757. The van der Waals surface area contributed by atoms with E-state index in [0.29, 0.717) is 17.8 Å². The van der Waals surface area contributed by atoms with Gasteiger partial charge in [0.25, 0.3) is 0 Å². The third-order valence-corrected chi connectivity index (χ3v) is 3.65. The van der Waals surface area contributed by atoms with Gasteiger partial charge in [0.15, 0.2) is 0 Å². The maximum atomic E-state index is 5.91. The summed E-state index contributed by atoms with van der Waals surface area (Å²) in [6.07, 6.45) is 6.48. The number of hydrogen-bond donors (Lipinski definition) is 0. The van der Waals surface area contributed by atoms with Crippen molar-refractivity contribution in [2.45, 2.75) is 63.8 Å². The summed E-state index contributed by atoms with van der Waals surface area (Å²) in [5.41, 5.74) is 2.20. The van der Waals surface area contributed by atoms with Crippen molar-refractivity contribution in [3.05, 3.63) is 11.4 Å². The van der Waals surface area contributed by atoms with Gasteiger partial charge in [-0.05, 0) is 18.8 Å². The van der Waals surface area contributed by atoms with Crippen LogP contribution < -0.4 is 0 Å². The molecule has 1 heterocycles. The van der Waals surface area contributed by atoms with Crippen LogP contribution in [0.2, 0.25) is 0 Å². The molecule has 2 rings (SSSR count). The maximum Gasteiger partial charge on any atom is 0.101 e. The summed E-state index contributed by atoms with van der Waals surface area (Å²) in [7, 11) is 0. The largest absolute Gasteiger partial charge is 0.246 e. The van der Waals surface area contributed by atoms with Crippen molar-refractivity contribution in [2.24, 2.45) is 0 Å². The molecule has 0 amide bonds. The van der Waals surface area contributed by atoms with Crippen LogP contribution in [0.3, 0.4) is 0 Å². The molecule has 0 radical (unpaired) electrons. The zero-order chi connectivity index (χ0) is 11.5. The van der Waals surface area contributed by atoms with E-state index in [2.05, 4.69) is 28.8 Å². The number of aromatic nitrogens is 3. The van der Waals surface area contributed by atoms with Gasteiger partial charge in [-0.2, -0.15) is 0 Å². The second kappa shape index (κ2) is 5.17. The van der Waals surface area contributed by atoms with Crippen LogP contribution in [-0.4, -0.2) is 15.0 Å². The van der Waals surface area contributed by atoms with Crippen LogP contribution in [0.4, 0.5) is 0 Å². The van der Waals surface area contributed by atoms with Gasteiger partial charge in [0.2, 0.25) is 0 Å². The average Bonchev–Trinajstić information content (AvgIpc) is 2.73. The fraction of sp³-hybridized carbons (Fsp3) is 0.833. The van der Waals surface area contributed by atoms with E-state index in [1.807, 2.05) is 0 Å². The molecule has 1 aromatic rings. The molecule has 0 spiro atoms. The molecule has 0 unspecified atom stereocenters. The highest BCUT2D eigenvalue weighted by molar-refractivity contribution is 6.16. The third kappa shape index (κ3) is 2.24. The second-order valence-electron chi connectivity index (χ2n) is 4.95. The molecule has 1 aliphatic carbocycles. The van der Waals surface area contributed by atoms with Gasteiger partial charge in [-0.25, -0.2) is 4.68 Å². The summed E-state index contributed by atoms with van der Waals surface area (Å²) in [6, 6.07) is 0.551. The SMILES string of the molecule is CC(C)c1c(CCl)nnn1C1CCCCC1. The minimum Gasteiger partial charge on any atom is -0.246 e. The number of rotatable bonds is 3. The Morgan fingerprint density at radius 2 is 2.00 bits per heavy atom. The van der Waals surface area contributed by atoms with Gasteiger partial charge < -0.3 is 0 Å². The average molecular weight is 242 g/mol. The molecule has 0 atom stereocenters. The maximum absolute atomic E-state index is 5.91. The highest BCUT2D eigenvalue weighted by Gasteiger charge is 2.23. The van der Waals surface area contributed by atoms with Crippen LogP contribution in [0.5, 0.6) is 0 Å². The van der Waals surface area contributed by atoms with E-state index in [4.69, 9.17) is 11.6 Å². The molecule has 0 aromatic carbocycles. The van der Waals surface area contributed by atoms with E-state index in [-0.39, 0.29) is 0 Å². The summed E-state index contributed by atoms with van der Waals surface area (Å²) >= 11 is 5.91. The zero-order valence-corrected chi connectivity index (χ0v) is 10.9. The first-order chi connectivity index (χ1) is 7.74. The molecular formula is C12H20ClN3. The Morgan fingerprint density at radius 1 is 1.31 bits per heavy atom. The van der Waals surface area contributed by atoms with Crippen molar-refractivity contribution in [3.8, 4) is 0 Å². The van der Waals surface area contributed by atoms with Gasteiger partial charge in [-0.1, -0.05) is 38.3 Å². The molecule has 1 saturated carbocycles. The van der Waals surface area contributed by atoms with Crippen LogP contribution in [0.25, 0.3) is 0 Å². The summed E-state index contributed by atoms with van der Waals surface area (Å²) in [4.78, 5) is 0. The van der Waals surface area contributed by atoms with Gasteiger partial charge in [-0.3, -0.25) is 0 Å². The van der Waals surface area contributed by atoms with Gasteiger partial charge in [0.1, 0.15) is 5.69 Å². The smallest absolute Gasteiger partial charge is 0.101 e. The first kappa shape index (κ1) is 11.9. The van der Waals surface area contributed by atoms with Crippen molar-refractivity contribution >= 4 is 11.6 Å². The Morgan fingerprint density at radius 3 is 2.56 bits per heavy atom. The van der Waals surface area contributed by atoms with Crippen LogP contribution in [0.1, 0.15) is 69.3 Å². The Kier molecular flexibility index (Phi) is 3.85. The van der Waals surface area contributed by atoms with Gasteiger partial charge in [0.05, 0.1) is 17.6 Å². The lowest BCUT2D eigenvalue weighted by Gasteiger charge is -2.24. The number of halogens is 1. The lowest BCUT2D eigenvalue weighted by Crippen LogP contribution is -2.17. The molecule has 1 aliphatic rings. The predicted octanol–water partition coefficient (Wildman–Crippen LogP) is 3.65. The Labute approximate surface area is 102 Å². The molecule has 16 heavy (non-hydrogen) atoms. The van der Waals surface area contributed by atoms with Crippen LogP contribution >= 0.6 is 11.6 Å². The van der Waals surface area contributed by atoms with E-state index < -0.39 is 0 Å². The first-order valence-corrected chi connectivity index (χ1v) is 6.77. The van der Waals surface area contributed by atoms with E-state index in [1.54, 1.807) is 0 Å². The number of nitrogens with zero attached hydrogens (tertiary/aromatic N) is 3. The first-order valence-electron chi connectivity index (χ1n) is 6.24. The fourth-order valence-electron chi connectivity index (χ4n) is 2.62. The van der Waals surface area contributed by atoms with E-state index in [9.17, 15) is 0 Å². The summed E-state index contributed by atoms with van der Waals surface area (Å²) < 4.78 is 2.14. The number of hydrogen-bond acceptors (Lipinski definition) is 2. The monoisotopic (exact) mass is 241 g/mol. The zero-order valence-electron chi connectivity index (χ0n) is 10.1. The topological polar surface area (TPSA) is 30.7 Å². The van der Waals surface area contributed by atoms with Crippen LogP contribution in [-0.2, 0) is 5.88 Å². The van der Waals surface area contributed by atoms with Gasteiger partial charge in [-0.15, -0.1) is 16.7 Å². The van der Waals surface area contributed by atoms with Crippen LogP contribution in [0.15, 0.2) is 0 Å². The van der Waals surface area contributed by atoms with Crippen molar-refractivity contribution in [1.29, 1.82) is 0 Å². The minimum absolute atomic E-state index is 0.450. The van der Waals surface area contributed by atoms with Crippen molar-refractivity contribution in [3.63, 3.8) is 0 Å². The predicted molar refractivity (Wildman–Crippen MR) is 65.8 cm³/mol. The Hall–Kier alpha value is -0.570. The van der Waals surface area contributed by atoms with Crippen molar-refractivity contribution < 1.29 is 0 Å². The number of alkyl halides is 1. The molecule has 1 fully saturated rings. The molecular weight excluding hydrogens is 222 g/mol. The third-order valence-electron chi connectivity index (χ3n) is 3.40. The summed E-state index contributed by atoms with van der Waals surface area (Å²) in [5.74, 6) is 0.922. The molecule has 0 saturated heterocycles. The van der Waals surface area contributed by atoms with Crippen molar-refractivity contribution in [1.82, 2.24) is 15.0 Å². The molecule has 0 bridgehead atoms. The van der Waals surface area contributed by atoms with E-state index in [1.165, 1.54) is 37.8 Å².